The fourth-order valence-electron chi connectivity index (χ4n) is 3.62. The van der Waals surface area contributed by atoms with Crippen molar-refractivity contribution in [3.63, 3.8) is 0 Å². The van der Waals surface area contributed by atoms with Gasteiger partial charge in [-0.1, -0.05) is 46.5 Å². The molecule has 0 bridgehead atoms. The van der Waals surface area contributed by atoms with Gasteiger partial charge in [0.05, 0.1) is 12.5 Å². The van der Waals surface area contributed by atoms with Crippen molar-refractivity contribution in [2.24, 2.45) is 23.2 Å². The minimum atomic E-state index is 0.0435. The predicted molar refractivity (Wildman–Crippen MR) is 77.8 cm³/mol. The Hall–Kier alpha value is -0.530. The number of esters is 1. The summed E-state index contributed by atoms with van der Waals surface area (Å²) in [4.78, 5) is 12.1. The summed E-state index contributed by atoms with van der Waals surface area (Å²) in [5.74, 6) is 1.49. The Morgan fingerprint density at radius 1 is 1.26 bits per heavy atom. The molecular weight excluding hydrogens is 236 g/mol. The van der Waals surface area contributed by atoms with Crippen LogP contribution in [0.3, 0.4) is 0 Å². The Kier molecular flexibility index (Phi) is 4.92. The quantitative estimate of drug-likeness (QED) is 0.681. The number of hydrogen-bond donors (Lipinski definition) is 0. The lowest BCUT2D eigenvalue weighted by Gasteiger charge is -2.37. The first-order valence-corrected chi connectivity index (χ1v) is 8.14. The van der Waals surface area contributed by atoms with Crippen molar-refractivity contribution in [3.8, 4) is 0 Å². The van der Waals surface area contributed by atoms with Crippen LogP contribution in [0.25, 0.3) is 0 Å². The van der Waals surface area contributed by atoms with Crippen LogP contribution in [0, 0.1) is 23.2 Å². The Morgan fingerprint density at radius 2 is 2.00 bits per heavy atom. The van der Waals surface area contributed by atoms with Crippen LogP contribution in [-0.4, -0.2) is 12.6 Å². The van der Waals surface area contributed by atoms with Crippen LogP contribution < -0.4 is 0 Å². The fourth-order valence-corrected chi connectivity index (χ4v) is 3.62. The van der Waals surface area contributed by atoms with Gasteiger partial charge in [0.2, 0.25) is 0 Å². The molecule has 0 amide bonds. The molecule has 2 aliphatic rings. The average molecular weight is 266 g/mol. The zero-order valence-electron chi connectivity index (χ0n) is 12.9. The summed E-state index contributed by atoms with van der Waals surface area (Å²) in [7, 11) is 0. The second-order valence-electron chi connectivity index (χ2n) is 7.56. The Labute approximate surface area is 118 Å². The van der Waals surface area contributed by atoms with Crippen LogP contribution in [0.1, 0.15) is 72.1 Å². The summed E-state index contributed by atoms with van der Waals surface area (Å²) >= 11 is 0. The lowest BCUT2D eigenvalue weighted by Crippen LogP contribution is -2.31. The highest BCUT2D eigenvalue weighted by atomic mass is 16.5. The minimum absolute atomic E-state index is 0.0435. The Balaban J connectivity index is 1.71. The number of carbonyl (C=O) groups is 1. The third-order valence-corrected chi connectivity index (χ3v) is 5.32. The number of carbonyl (C=O) groups excluding carboxylic acids is 1. The molecule has 2 saturated carbocycles. The third kappa shape index (κ3) is 4.22. The van der Waals surface area contributed by atoms with Gasteiger partial charge in [-0.05, 0) is 42.9 Å². The summed E-state index contributed by atoms with van der Waals surface area (Å²) in [5, 5.41) is 0. The highest BCUT2D eigenvalue weighted by Crippen LogP contribution is 2.41. The van der Waals surface area contributed by atoms with Crippen LogP contribution in [0.5, 0.6) is 0 Å². The van der Waals surface area contributed by atoms with Crippen LogP contribution in [0.15, 0.2) is 0 Å². The van der Waals surface area contributed by atoms with Crippen molar-refractivity contribution in [1.82, 2.24) is 0 Å². The van der Waals surface area contributed by atoms with Gasteiger partial charge in [0.25, 0.3) is 0 Å². The zero-order chi connectivity index (χ0) is 13.9. The van der Waals surface area contributed by atoms with E-state index < -0.39 is 0 Å². The molecule has 2 rings (SSSR count). The van der Waals surface area contributed by atoms with E-state index in [4.69, 9.17) is 4.74 Å². The number of rotatable bonds is 5. The van der Waals surface area contributed by atoms with E-state index in [9.17, 15) is 4.79 Å². The summed E-state index contributed by atoms with van der Waals surface area (Å²) in [5.41, 5.74) is 0.406. The van der Waals surface area contributed by atoms with Gasteiger partial charge in [0, 0.05) is 0 Å². The average Bonchev–Trinajstić information content (AvgIpc) is 2.29. The van der Waals surface area contributed by atoms with Crippen LogP contribution in [0.4, 0.5) is 0 Å². The molecule has 2 fully saturated rings. The molecule has 0 saturated heterocycles. The zero-order valence-corrected chi connectivity index (χ0v) is 12.9. The molecule has 0 heterocycles. The van der Waals surface area contributed by atoms with E-state index in [2.05, 4.69) is 20.8 Å². The van der Waals surface area contributed by atoms with Crippen molar-refractivity contribution >= 4 is 5.97 Å². The molecular formula is C17H30O2. The predicted octanol–water partition coefficient (Wildman–Crippen LogP) is 4.57. The van der Waals surface area contributed by atoms with Gasteiger partial charge in [0.1, 0.15) is 0 Å². The van der Waals surface area contributed by atoms with Crippen molar-refractivity contribution in [1.29, 1.82) is 0 Å². The van der Waals surface area contributed by atoms with Gasteiger partial charge >= 0.3 is 5.97 Å². The van der Waals surface area contributed by atoms with E-state index in [1.165, 1.54) is 44.9 Å². The standard InChI is InChI=1S/C17H30O2/c1-13(15-8-5-10-17(2,3)12-15)16(18)19-11-9-14-6-4-7-14/h13-15H,4-12H2,1-3H3. The second-order valence-corrected chi connectivity index (χ2v) is 7.56. The van der Waals surface area contributed by atoms with Gasteiger partial charge in [-0.3, -0.25) is 4.79 Å². The van der Waals surface area contributed by atoms with Crippen LogP contribution >= 0.6 is 0 Å². The highest BCUT2D eigenvalue weighted by Gasteiger charge is 2.34. The SMILES string of the molecule is CC(C(=O)OCCC1CCC1)C1CCCC(C)(C)C1. The van der Waals surface area contributed by atoms with Gasteiger partial charge < -0.3 is 4.74 Å². The first-order chi connectivity index (χ1) is 8.98. The lowest BCUT2D eigenvalue weighted by atomic mass is 9.68. The molecule has 0 aromatic rings. The first-order valence-electron chi connectivity index (χ1n) is 8.14. The molecule has 110 valence electrons. The summed E-state index contributed by atoms with van der Waals surface area (Å²) in [6.07, 6.45) is 10.0. The largest absolute Gasteiger partial charge is 0.465 e. The van der Waals surface area contributed by atoms with E-state index >= 15 is 0 Å². The normalized spacial score (nSPS) is 28.5. The van der Waals surface area contributed by atoms with Crippen molar-refractivity contribution in [2.75, 3.05) is 6.61 Å². The Morgan fingerprint density at radius 3 is 2.58 bits per heavy atom. The van der Waals surface area contributed by atoms with Crippen LogP contribution in [-0.2, 0) is 9.53 Å². The monoisotopic (exact) mass is 266 g/mol. The van der Waals surface area contributed by atoms with Crippen molar-refractivity contribution in [3.05, 3.63) is 0 Å². The van der Waals surface area contributed by atoms with Crippen LogP contribution in [0.2, 0.25) is 0 Å². The van der Waals surface area contributed by atoms with E-state index in [1.807, 2.05) is 0 Å². The van der Waals surface area contributed by atoms with Gasteiger partial charge in [-0.25, -0.2) is 0 Å². The minimum Gasteiger partial charge on any atom is -0.465 e. The molecule has 2 atom stereocenters. The Bertz CT molecular complexity index is 304. The molecule has 0 aliphatic heterocycles. The lowest BCUT2D eigenvalue weighted by molar-refractivity contribution is -0.151. The molecule has 2 nitrogen and oxygen atoms in total. The molecule has 19 heavy (non-hydrogen) atoms. The van der Waals surface area contributed by atoms with Gasteiger partial charge in [-0.15, -0.1) is 0 Å². The molecule has 0 aromatic carbocycles. The molecule has 0 N–H and O–H groups in total. The summed E-state index contributed by atoms with van der Waals surface area (Å²) < 4.78 is 5.49. The molecule has 2 heteroatoms. The topological polar surface area (TPSA) is 26.3 Å². The fraction of sp³-hybridized carbons (Fsp3) is 0.941. The summed E-state index contributed by atoms with van der Waals surface area (Å²) in [6.45, 7) is 7.36. The molecule has 2 aliphatic carbocycles. The van der Waals surface area contributed by atoms with Gasteiger partial charge in [-0.2, -0.15) is 0 Å². The molecule has 0 aromatic heterocycles. The van der Waals surface area contributed by atoms with Crippen molar-refractivity contribution < 1.29 is 9.53 Å². The number of ether oxygens (including phenoxy) is 1. The van der Waals surface area contributed by atoms with E-state index in [1.54, 1.807) is 0 Å². The second kappa shape index (κ2) is 6.28. The first kappa shape index (κ1) is 14.9. The third-order valence-electron chi connectivity index (χ3n) is 5.32. The maximum Gasteiger partial charge on any atom is 0.308 e. The van der Waals surface area contributed by atoms with E-state index in [0.29, 0.717) is 17.9 Å². The number of hydrogen-bond acceptors (Lipinski definition) is 2. The van der Waals surface area contributed by atoms with Crippen molar-refractivity contribution in [2.45, 2.75) is 72.1 Å². The summed E-state index contributed by atoms with van der Waals surface area (Å²) in [6, 6.07) is 0. The molecule has 0 radical (unpaired) electrons. The highest BCUT2D eigenvalue weighted by molar-refractivity contribution is 5.72. The molecule has 2 unspecified atom stereocenters. The van der Waals surface area contributed by atoms with E-state index in [0.717, 1.165) is 12.3 Å². The van der Waals surface area contributed by atoms with Gasteiger partial charge in [0.15, 0.2) is 0 Å². The maximum atomic E-state index is 12.1. The molecule has 0 spiro atoms. The maximum absolute atomic E-state index is 12.1. The smallest absolute Gasteiger partial charge is 0.308 e. The van der Waals surface area contributed by atoms with E-state index in [-0.39, 0.29) is 11.9 Å².